The molecule has 0 spiro atoms. The summed E-state index contributed by atoms with van der Waals surface area (Å²) in [5.74, 6) is 0.253. The van der Waals surface area contributed by atoms with Crippen LogP contribution in [0.25, 0.3) is 0 Å². The molecule has 0 radical (unpaired) electrons. The predicted octanol–water partition coefficient (Wildman–Crippen LogP) is 1.17. The van der Waals surface area contributed by atoms with E-state index in [-0.39, 0.29) is 16.7 Å². The molecule has 0 amide bonds. The van der Waals surface area contributed by atoms with E-state index in [1.165, 1.54) is 6.20 Å². The largest absolute Gasteiger partial charge is 0.383 e. The van der Waals surface area contributed by atoms with Gasteiger partial charge in [0.15, 0.2) is 5.76 Å². The predicted molar refractivity (Wildman–Crippen MR) is 78.7 cm³/mol. The van der Waals surface area contributed by atoms with Crippen molar-refractivity contribution < 1.29 is 12.9 Å². The minimum absolute atomic E-state index is 0.0454. The van der Waals surface area contributed by atoms with Gasteiger partial charge in [-0.25, -0.2) is 13.1 Å². The molecule has 1 aliphatic rings. The van der Waals surface area contributed by atoms with E-state index < -0.39 is 10.0 Å². The third-order valence-corrected chi connectivity index (χ3v) is 5.17. The van der Waals surface area contributed by atoms with Gasteiger partial charge in [0.25, 0.3) is 0 Å². The highest BCUT2D eigenvalue weighted by molar-refractivity contribution is 7.89. The van der Waals surface area contributed by atoms with Gasteiger partial charge in [-0.05, 0) is 37.1 Å². The van der Waals surface area contributed by atoms with Gasteiger partial charge in [0.2, 0.25) is 10.0 Å². The van der Waals surface area contributed by atoms with Gasteiger partial charge in [0, 0.05) is 18.3 Å². The molecule has 2 N–H and O–H groups in total. The van der Waals surface area contributed by atoms with Gasteiger partial charge < -0.3 is 9.84 Å². The molecule has 7 nitrogen and oxygen atoms in total. The fourth-order valence-corrected chi connectivity index (χ4v) is 3.82. The molecule has 1 aromatic carbocycles. The van der Waals surface area contributed by atoms with Crippen molar-refractivity contribution in [3.05, 3.63) is 41.3 Å². The second-order valence-electron chi connectivity index (χ2n) is 5.13. The van der Waals surface area contributed by atoms with Crippen molar-refractivity contribution in [3.8, 4) is 6.07 Å². The third kappa shape index (κ3) is 2.68. The summed E-state index contributed by atoms with van der Waals surface area (Å²) in [6.07, 6.45) is 1.71. The Morgan fingerprint density at radius 2 is 2.32 bits per heavy atom. The summed E-state index contributed by atoms with van der Waals surface area (Å²) < 4.78 is 32.1. The van der Waals surface area contributed by atoms with E-state index in [0.717, 1.165) is 11.3 Å². The van der Waals surface area contributed by atoms with Crippen LogP contribution in [0.15, 0.2) is 33.8 Å². The summed E-state index contributed by atoms with van der Waals surface area (Å²) in [5.41, 5.74) is 2.40. The maximum Gasteiger partial charge on any atom is 0.246 e. The van der Waals surface area contributed by atoms with E-state index in [1.807, 2.05) is 6.07 Å². The quantitative estimate of drug-likeness (QED) is 0.879. The number of sulfonamides is 1. The maximum absolute atomic E-state index is 12.3. The monoisotopic (exact) mass is 318 g/mol. The molecule has 2 heterocycles. The van der Waals surface area contributed by atoms with Gasteiger partial charge in [-0.1, -0.05) is 5.16 Å². The molecule has 0 saturated heterocycles. The van der Waals surface area contributed by atoms with Crippen LogP contribution in [0.4, 0.5) is 5.69 Å². The molecule has 1 aromatic heterocycles. The SMILES string of the molecule is Cc1oncc1S(=O)(=O)NC1CNc2ccc(C#N)cc2C1. The number of nitrogens with zero attached hydrogens (tertiary/aromatic N) is 2. The third-order valence-electron chi connectivity index (χ3n) is 3.56. The number of aryl methyl sites for hydroxylation is 1. The zero-order valence-corrected chi connectivity index (χ0v) is 12.6. The second kappa shape index (κ2) is 5.44. The number of rotatable bonds is 3. The van der Waals surface area contributed by atoms with Crippen LogP contribution in [0, 0.1) is 18.3 Å². The van der Waals surface area contributed by atoms with Gasteiger partial charge in [0.05, 0.1) is 17.8 Å². The minimum atomic E-state index is -3.68. The molecule has 8 heteroatoms. The Kier molecular flexibility index (Phi) is 3.60. The van der Waals surface area contributed by atoms with Gasteiger partial charge in [-0.3, -0.25) is 0 Å². The van der Waals surface area contributed by atoms with E-state index in [4.69, 9.17) is 9.78 Å². The van der Waals surface area contributed by atoms with E-state index in [0.29, 0.717) is 18.5 Å². The standard InChI is InChI=1S/C14H14N4O3S/c1-9-14(8-17-21-9)22(19,20)18-12-5-11-4-10(6-15)2-3-13(11)16-7-12/h2-4,8,12,16,18H,5,7H2,1H3. The summed E-state index contributed by atoms with van der Waals surface area (Å²) in [5, 5.41) is 15.6. The first kappa shape index (κ1) is 14.6. The number of fused-ring (bicyclic) bond motifs is 1. The van der Waals surface area contributed by atoms with Crippen LogP contribution in [-0.2, 0) is 16.4 Å². The van der Waals surface area contributed by atoms with Crippen LogP contribution in [0.5, 0.6) is 0 Å². The Morgan fingerprint density at radius 1 is 1.50 bits per heavy atom. The number of benzene rings is 1. The van der Waals surface area contributed by atoms with Crippen molar-refractivity contribution >= 4 is 15.7 Å². The van der Waals surface area contributed by atoms with Crippen LogP contribution >= 0.6 is 0 Å². The summed E-state index contributed by atoms with van der Waals surface area (Å²) in [7, 11) is -3.68. The average Bonchev–Trinajstić information content (AvgIpc) is 2.93. The number of hydrogen-bond donors (Lipinski definition) is 2. The Balaban J connectivity index is 1.81. The molecule has 114 valence electrons. The first-order chi connectivity index (χ1) is 10.5. The van der Waals surface area contributed by atoms with Crippen LogP contribution in [0.3, 0.4) is 0 Å². The topological polar surface area (TPSA) is 108 Å². The lowest BCUT2D eigenvalue weighted by Crippen LogP contribution is -2.43. The van der Waals surface area contributed by atoms with E-state index in [9.17, 15) is 8.42 Å². The van der Waals surface area contributed by atoms with Crippen LogP contribution < -0.4 is 10.0 Å². The van der Waals surface area contributed by atoms with Crippen molar-refractivity contribution in [1.82, 2.24) is 9.88 Å². The molecule has 1 unspecified atom stereocenters. The fourth-order valence-electron chi connectivity index (χ4n) is 2.49. The van der Waals surface area contributed by atoms with E-state index in [2.05, 4.69) is 21.3 Å². The van der Waals surface area contributed by atoms with Crippen molar-refractivity contribution in [1.29, 1.82) is 5.26 Å². The molecular weight excluding hydrogens is 304 g/mol. The van der Waals surface area contributed by atoms with Gasteiger partial charge >= 0.3 is 0 Å². The first-order valence-electron chi connectivity index (χ1n) is 6.70. The van der Waals surface area contributed by atoms with Crippen molar-refractivity contribution in [2.24, 2.45) is 0 Å². The number of nitrogens with one attached hydrogen (secondary N) is 2. The number of hydrogen-bond acceptors (Lipinski definition) is 6. The average molecular weight is 318 g/mol. The molecule has 3 rings (SSSR count). The van der Waals surface area contributed by atoms with Crippen molar-refractivity contribution in [2.75, 3.05) is 11.9 Å². The Hall–Kier alpha value is -2.37. The Morgan fingerprint density at radius 3 is 3.00 bits per heavy atom. The molecule has 0 saturated carbocycles. The number of anilines is 1. The smallest absolute Gasteiger partial charge is 0.246 e. The lowest BCUT2D eigenvalue weighted by Gasteiger charge is -2.26. The fraction of sp³-hybridized carbons (Fsp3) is 0.286. The lowest BCUT2D eigenvalue weighted by molar-refractivity contribution is 0.394. The van der Waals surface area contributed by atoms with Gasteiger partial charge in [-0.2, -0.15) is 5.26 Å². The van der Waals surface area contributed by atoms with Crippen LogP contribution in [-0.4, -0.2) is 26.2 Å². The molecular formula is C14H14N4O3S. The lowest BCUT2D eigenvalue weighted by atomic mass is 9.98. The Labute approximate surface area is 128 Å². The highest BCUT2D eigenvalue weighted by Crippen LogP contribution is 2.24. The molecule has 1 aliphatic heterocycles. The van der Waals surface area contributed by atoms with Gasteiger partial charge in [0.1, 0.15) is 4.90 Å². The minimum Gasteiger partial charge on any atom is -0.383 e. The molecule has 0 bridgehead atoms. The molecule has 1 atom stereocenters. The summed E-state index contributed by atoms with van der Waals surface area (Å²) in [6.45, 7) is 2.03. The molecule has 0 aliphatic carbocycles. The summed E-state index contributed by atoms with van der Waals surface area (Å²) in [4.78, 5) is 0.0454. The normalized spacial score (nSPS) is 17.4. The maximum atomic E-state index is 12.3. The zero-order valence-electron chi connectivity index (χ0n) is 11.8. The van der Waals surface area contributed by atoms with Crippen molar-refractivity contribution in [3.63, 3.8) is 0 Å². The Bertz CT molecular complexity index is 851. The van der Waals surface area contributed by atoms with E-state index >= 15 is 0 Å². The first-order valence-corrected chi connectivity index (χ1v) is 8.18. The van der Waals surface area contributed by atoms with Gasteiger partial charge in [-0.15, -0.1) is 0 Å². The molecule has 0 fully saturated rings. The number of aromatic nitrogens is 1. The highest BCUT2D eigenvalue weighted by atomic mass is 32.2. The summed E-state index contributed by atoms with van der Waals surface area (Å²) in [6, 6.07) is 7.12. The zero-order chi connectivity index (χ0) is 15.7. The number of nitriles is 1. The van der Waals surface area contributed by atoms with Crippen molar-refractivity contribution in [2.45, 2.75) is 24.3 Å². The van der Waals surface area contributed by atoms with Crippen LogP contribution in [0.1, 0.15) is 16.9 Å². The highest BCUT2D eigenvalue weighted by Gasteiger charge is 2.27. The summed E-state index contributed by atoms with van der Waals surface area (Å²) >= 11 is 0. The molecule has 2 aromatic rings. The molecule has 22 heavy (non-hydrogen) atoms. The second-order valence-corrected chi connectivity index (χ2v) is 6.82. The van der Waals surface area contributed by atoms with Crippen LogP contribution in [0.2, 0.25) is 0 Å². The van der Waals surface area contributed by atoms with E-state index in [1.54, 1.807) is 19.1 Å².